The van der Waals surface area contributed by atoms with Crippen molar-refractivity contribution >= 4 is 11.6 Å². The van der Waals surface area contributed by atoms with Crippen LogP contribution in [-0.2, 0) is 0 Å². The van der Waals surface area contributed by atoms with Crippen LogP contribution in [0.2, 0.25) is 0 Å². The highest BCUT2D eigenvalue weighted by atomic mass is 15.3. The summed E-state index contributed by atoms with van der Waals surface area (Å²) in [6.07, 6.45) is 0. The minimum atomic E-state index is 0.959. The average Bonchev–Trinajstić information content (AvgIpc) is 2.34. The van der Waals surface area contributed by atoms with Crippen molar-refractivity contribution in [2.24, 2.45) is 0 Å². The van der Waals surface area contributed by atoms with Crippen LogP contribution in [0.25, 0.3) is 0 Å². The Morgan fingerprint density at radius 1 is 0.750 bits per heavy atom. The van der Waals surface area contributed by atoms with E-state index in [0.29, 0.717) is 0 Å². The summed E-state index contributed by atoms with van der Waals surface area (Å²) in [7, 11) is 0. The Balaban J connectivity index is 2.81. The molecule has 1 aromatic heterocycles. The van der Waals surface area contributed by atoms with Crippen LogP contribution in [0.1, 0.15) is 27.7 Å². The van der Waals surface area contributed by atoms with Gasteiger partial charge in [-0.15, -0.1) is 10.2 Å². The molecule has 1 aromatic rings. The zero-order chi connectivity index (χ0) is 12.0. The largest absolute Gasteiger partial charge is 0.356 e. The molecule has 4 heteroatoms. The Bertz CT molecular complexity index is 257. The maximum Gasteiger partial charge on any atom is 0.151 e. The maximum atomic E-state index is 4.27. The van der Waals surface area contributed by atoms with E-state index in [1.54, 1.807) is 0 Å². The van der Waals surface area contributed by atoms with E-state index >= 15 is 0 Å². The lowest BCUT2D eigenvalue weighted by atomic mass is 10.4. The molecular weight excluding hydrogens is 200 g/mol. The Morgan fingerprint density at radius 3 is 1.25 bits per heavy atom. The predicted octanol–water partition coefficient (Wildman–Crippen LogP) is 2.17. The van der Waals surface area contributed by atoms with Gasteiger partial charge in [0, 0.05) is 26.2 Å². The quantitative estimate of drug-likeness (QED) is 0.738. The molecule has 90 valence electrons. The molecular formula is C12H22N4. The normalized spacial score (nSPS) is 10.2. The van der Waals surface area contributed by atoms with Gasteiger partial charge in [-0.05, 0) is 39.8 Å². The fourth-order valence-electron chi connectivity index (χ4n) is 1.75. The third kappa shape index (κ3) is 2.84. The second-order valence-electron chi connectivity index (χ2n) is 3.59. The topological polar surface area (TPSA) is 32.3 Å². The molecule has 0 unspecified atom stereocenters. The first-order valence-corrected chi connectivity index (χ1v) is 6.10. The van der Waals surface area contributed by atoms with Gasteiger partial charge < -0.3 is 9.80 Å². The van der Waals surface area contributed by atoms with Gasteiger partial charge in [0.15, 0.2) is 11.6 Å². The van der Waals surface area contributed by atoms with Crippen molar-refractivity contribution in [2.45, 2.75) is 27.7 Å². The number of aromatic nitrogens is 2. The standard InChI is InChI=1S/C12H22N4/c1-5-15(6-2)11-9-10-12(14-13-11)16(7-3)8-4/h9-10H,5-8H2,1-4H3. The molecule has 0 N–H and O–H groups in total. The van der Waals surface area contributed by atoms with Crippen molar-refractivity contribution in [3.05, 3.63) is 12.1 Å². The summed E-state index contributed by atoms with van der Waals surface area (Å²) in [4.78, 5) is 4.39. The molecule has 0 atom stereocenters. The van der Waals surface area contributed by atoms with Crippen LogP contribution in [0.4, 0.5) is 11.6 Å². The summed E-state index contributed by atoms with van der Waals surface area (Å²) in [6.45, 7) is 12.4. The minimum absolute atomic E-state index is 0.959. The number of rotatable bonds is 6. The van der Waals surface area contributed by atoms with Crippen LogP contribution in [0.5, 0.6) is 0 Å². The number of anilines is 2. The minimum Gasteiger partial charge on any atom is -0.356 e. The first kappa shape index (κ1) is 12.7. The lowest BCUT2D eigenvalue weighted by Crippen LogP contribution is -2.25. The monoisotopic (exact) mass is 222 g/mol. The summed E-state index contributed by atoms with van der Waals surface area (Å²) in [6, 6.07) is 4.10. The second-order valence-corrected chi connectivity index (χ2v) is 3.59. The second kappa shape index (κ2) is 6.30. The van der Waals surface area contributed by atoms with Crippen LogP contribution in [0, 0.1) is 0 Å². The summed E-state index contributed by atoms with van der Waals surface area (Å²) >= 11 is 0. The van der Waals surface area contributed by atoms with E-state index in [-0.39, 0.29) is 0 Å². The lowest BCUT2D eigenvalue weighted by molar-refractivity contribution is 0.796. The van der Waals surface area contributed by atoms with E-state index in [4.69, 9.17) is 0 Å². The molecule has 0 saturated heterocycles. The highest BCUT2D eigenvalue weighted by Crippen LogP contribution is 2.14. The Labute approximate surface area is 98.3 Å². The van der Waals surface area contributed by atoms with Gasteiger partial charge >= 0.3 is 0 Å². The third-order valence-corrected chi connectivity index (χ3v) is 2.81. The van der Waals surface area contributed by atoms with Crippen molar-refractivity contribution in [1.82, 2.24) is 10.2 Å². The van der Waals surface area contributed by atoms with Gasteiger partial charge in [0.1, 0.15) is 0 Å². The molecule has 0 fully saturated rings. The van der Waals surface area contributed by atoms with Gasteiger partial charge in [-0.25, -0.2) is 0 Å². The molecule has 0 spiro atoms. The van der Waals surface area contributed by atoms with E-state index in [1.807, 2.05) is 12.1 Å². The van der Waals surface area contributed by atoms with Gasteiger partial charge in [-0.1, -0.05) is 0 Å². The maximum absolute atomic E-state index is 4.27. The lowest BCUT2D eigenvalue weighted by Gasteiger charge is -2.22. The third-order valence-electron chi connectivity index (χ3n) is 2.81. The molecule has 0 aliphatic carbocycles. The molecule has 0 aliphatic rings. The van der Waals surface area contributed by atoms with Crippen molar-refractivity contribution in [3.63, 3.8) is 0 Å². The smallest absolute Gasteiger partial charge is 0.151 e. The highest BCUT2D eigenvalue weighted by Gasteiger charge is 2.07. The van der Waals surface area contributed by atoms with Crippen LogP contribution in [0.3, 0.4) is 0 Å². The molecule has 0 saturated carbocycles. The molecule has 1 rings (SSSR count). The summed E-state index contributed by atoms with van der Waals surface area (Å²) in [5, 5.41) is 8.54. The van der Waals surface area contributed by atoms with E-state index in [2.05, 4.69) is 47.7 Å². The van der Waals surface area contributed by atoms with Crippen LogP contribution in [0.15, 0.2) is 12.1 Å². The predicted molar refractivity (Wildman–Crippen MR) is 69.2 cm³/mol. The summed E-state index contributed by atoms with van der Waals surface area (Å²) in [5.74, 6) is 1.92. The molecule has 0 aliphatic heterocycles. The fraction of sp³-hybridized carbons (Fsp3) is 0.667. The zero-order valence-corrected chi connectivity index (χ0v) is 10.8. The van der Waals surface area contributed by atoms with Crippen molar-refractivity contribution in [1.29, 1.82) is 0 Å². The van der Waals surface area contributed by atoms with Crippen LogP contribution in [-0.4, -0.2) is 36.4 Å². The van der Waals surface area contributed by atoms with Gasteiger partial charge in [-0.3, -0.25) is 0 Å². The Kier molecular flexibility index (Phi) is 5.02. The molecule has 1 heterocycles. The molecule has 0 amide bonds. The van der Waals surface area contributed by atoms with Crippen LogP contribution >= 0.6 is 0 Å². The van der Waals surface area contributed by atoms with E-state index < -0.39 is 0 Å². The zero-order valence-electron chi connectivity index (χ0n) is 10.8. The Hall–Kier alpha value is -1.32. The van der Waals surface area contributed by atoms with Crippen molar-refractivity contribution in [3.8, 4) is 0 Å². The number of hydrogen-bond acceptors (Lipinski definition) is 4. The average molecular weight is 222 g/mol. The molecule has 4 nitrogen and oxygen atoms in total. The molecule has 0 bridgehead atoms. The summed E-state index contributed by atoms with van der Waals surface area (Å²) in [5.41, 5.74) is 0. The van der Waals surface area contributed by atoms with Gasteiger partial charge in [0.05, 0.1) is 0 Å². The molecule has 0 radical (unpaired) electrons. The van der Waals surface area contributed by atoms with Gasteiger partial charge in [-0.2, -0.15) is 0 Å². The SMILES string of the molecule is CCN(CC)c1ccc(N(CC)CC)nn1. The Morgan fingerprint density at radius 2 is 1.06 bits per heavy atom. The fourth-order valence-corrected chi connectivity index (χ4v) is 1.75. The van der Waals surface area contributed by atoms with E-state index in [1.165, 1.54) is 0 Å². The number of hydrogen-bond donors (Lipinski definition) is 0. The first-order chi connectivity index (χ1) is 7.76. The van der Waals surface area contributed by atoms with Gasteiger partial charge in [0.2, 0.25) is 0 Å². The van der Waals surface area contributed by atoms with E-state index in [9.17, 15) is 0 Å². The van der Waals surface area contributed by atoms with E-state index in [0.717, 1.165) is 37.8 Å². The first-order valence-electron chi connectivity index (χ1n) is 6.10. The van der Waals surface area contributed by atoms with Crippen molar-refractivity contribution in [2.75, 3.05) is 36.0 Å². The van der Waals surface area contributed by atoms with Crippen LogP contribution < -0.4 is 9.80 Å². The number of nitrogens with zero attached hydrogens (tertiary/aromatic N) is 4. The molecule has 0 aromatic carbocycles. The summed E-state index contributed by atoms with van der Waals surface area (Å²) < 4.78 is 0. The highest BCUT2D eigenvalue weighted by molar-refractivity contribution is 5.44. The molecule has 16 heavy (non-hydrogen) atoms. The van der Waals surface area contributed by atoms with Crippen molar-refractivity contribution < 1.29 is 0 Å². The van der Waals surface area contributed by atoms with Gasteiger partial charge in [0.25, 0.3) is 0 Å².